The molecule has 1 aromatic rings. The number of thiol groups is 1. The van der Waals surface area contributed by atoms with Gasteiger partial charge < -0.3 is 0 Å². The van der Waals surface area contributed by atoms with Crippen LogP contribution < -0.4 is 0 Å². The van der Waals surface area contributed by atoms with E-state index in [0.717, 1.165) is 11.1 Å². The molecular formula is C9H11O2S. The molecule has 0 aromatic heterocycles. The molecule has 0 aliphatic rings. The largest absolute Gasteiger partial charge is 0.227 e. The molecule has 12 heavy (non-hydrogen) atoms. The lowest BCUT2D eigenvalue weighted by Gasteiger charge is -2.03. The minimum atomic E-state index is -2.48. The normalized spacial score (nSPS) is 10.7. The Labute approximate surface area is 74.2 Å². The molecule has 0 spiro atoms. The Kier molecular flexibility index (Phi) is 2.52. The van der Waals surface area contributed by atoms with Crippen LogP contribution in [0, 0.1) is 26.8 Å². The van der Waals surface area contributed by atoms with E-state index in [9.17, 15) is 8.42 Å². The van der Waals surface area contributed by atoms with Gasteiger partial charge in [0.2, 0.25) is 0 Å². The zero-order valence-corrected chi connectivity index (χ0v) is 8.24. The van der Waals surface area contributed by atoms with Gasteiger partial charge in [-0.3, -0.25) is 0 Å². The van der Waals surface area contributed by atoms with Gasteiger partial charge in [0.25, 0.3) is 0 Å². The Morgan fingerprint density at radius 3 is 2.25 bits per heavy atom. The zero-order chi connectivity index (χ0) is 9.30. The van der Waals surface area contributed by atoms with Crippen molar-refractivity contribution in [2.75, 3.05) is 0 Å². The van der Waals surface area contributed by atoms with Crippen LogP contribution in [-0.2, 0) is 10.7 Å². The van der Waals surface area contributed by atoms with Crippen LogP contribution in [0.25, 0.3) is 0 Å². The molecule has 0 saturated carbocycles. The van der Waals surface area contributed by atoms with Crippen LogP contribution >= 0.6 is 0 Å². The third-order valence-electron chi connectivity index (χ3n) is 1.73. The monoisotopic (exact) mass is 183 g/mol. The summed E-state index contributed by atoms with van der Waals surface area (Å²) in [7, 11) is -2.48. The molecule has 0 aliphatic carbocycles. The highest BCUT2D eigenvalue weighted by Crippen LogP contribution is 2.16. The third kappa shape index (κ3) is 1.67. The summed E-state index contributed by atoms with van der Waals surface area (Å²) < 4.78 is 21.5. The van der Waals surface area contributed by atoms with Gasteiger partial charge in [0, 0.05) is 0 Å². The molecule has 0 unspecified atom stereocenters. The molecule has 1 rings (SSSR count). The predicted octanol–water partition coefficient (Wildman–Crippen LogP) is 1.38. The highest BCUT2D eigenvalue weighted by molar-refractivity contribution is 7.72. The topological polar surface area (TPSA) is 34.1 Å². The van der Waals surface area contributed by atoms with Crippen LogP contribution in [0.1, 0.15) is 16.7 Å². The summed E-state index contributed by atoms with van der Waals surface area (Å²) in [5, 5.41) is 0. The summed E-state index contributed by atoms with van der Waals surface area (Å²) in [4.78, 5) is 0.413. The fraction of sp³-hybridized carbons (Fsp3) is 0.333. The fourth-order valence-corrected chi connectivity index (χ4v) is 2.04. The van der Waals surface area contributed by atoms with E-state index in [4.69, 9.17) is 0 Å². The summed E-state index contributed by atoms with van der Waals surface area (Å²) >= 11 is 0. The molecule has 1 radical (unpaired) electrons. The van der Waals surface area contributed by atoms with Crippen molar-refractivity contribution in [3.63, 3.8) is 0 Å². The molecule has 0 atom stereocenters. The first-order valence-electron chi connectivity index (χ1n) is 3.67. The minimum absolute atomic E-state index is 0.413. The summed E-state index contributed by atoms with van der Waals surface area (Å²) in [5.74, 6) is 0. The molecule has 3 heteroatoms. The second-order valence-electron chi connectivity index (χ2n) is 2.87. The highest BCUT2D eigenvalue weighted by atomic mass is 32.2. The van der Waals surface area contributed by atoms with Crippen molar-refractivity contribution in [2.24, 2.45) is 0 Å². The molecule has 0 N–H and O–H groups in total. The van der Waals surface area contributed by atoms with Crippen LogP contribution in [0.15, 0.2) is 11.0 Å². The summed E-state index contributed by atoms with van der Waals surface area (Å²) in [5.41, 5.74) is 2.49. The van der Waals surface area contributed by atoms with Crippen LogP contribution in [0.4, 0.5) is 0 Å². The first-order valence-corrected chi connectivity index (χ1v) is 4.84. The molecule has 0 amide bonds. The van der Waals surface area contributed by atoms with E-state index in [-0.39, 0.29) is 0 Å². The SMILES string of the molecule is Cc1[c]c(C)c([SH](=O)=O)c(C)c1. The van der Waals surface area contributed by atoms with Gasteiger partial charge in [0.1, 0.15) is 0 Å². The summed E-state index contributed by atoms with van der Waals surface area (Å²) in [6.07, 6.45) is 0. The molecule has 0 bridgehead atoms. The standard InChI is InChI=1S/C9H11O2S/c1-6-4-7(2)9(12(10)11)8(3)5-6/h4,12H,1-3H3. The number of benzene rings is 1. The maximum Gasteiger partial charge on any atom is 0.168 e. The Morgan fingerprint density at radius 1 is 1.25 bits per heavy atom. The van der Waals surface area contributed by atoms with E-state index in [1.807, 2.05) is 13.0 Å². The van der Waals surface area contributed by atoms with Gasteiger partial charge in [0.05, 0.1) is 4.90 Å². The maximum absolute atomic E-state index is 10.8. The van der Waals surface area contributed by atoms with Crippen molar-refractivity contribution in [3.8, 4) is 0 Å². The van der Waals surface area contributed by atoms with E-state index in [1.54, 1.807) is 13.8 Å². The van der Waals surface area contributed by atoms with Crippen LogP contribution in [0.3, 0.4) is 0 Å². The Hall–Kier alpha value is -0.830. The van der Waals surface area contributed by atoms with Crippen molar-refractivity contribution >= 4 is 10.7 Å². The number of hydrogen-bond donors (Lipinski definition) is 1. The van der Waals surface area contributed by atoms with E-state index in [0.29, 0.717) is 10.5 Å². The van der Waals surface area contributed by atoms with Crippen molar-refractivity contribution in [2.45, 2.75) is 25.7 Å². The molecule has 2 nitrogen and oxygen atoms in total. The van der Waals surface area contributed by atoms with Gasteiger partial charge in [-0.15, -0.1) is 0 Å². The van der Waals surface area contributed by atoms with Gasteiger partial charge >= 0.3 is 0 Å². The van der Waals surface area contributed by atoms with E-state index >= 15 is 0 Å². The number of aryl methyl sites for hydroxylation is 3. The first-order chi connectivity index (χ1) is 5.52. The third-order valence-corrected chi connectivity index (χ3v) is 2.78. The van der Waals surface area contributed by atoms with Gasteiger partial charge in [-0.25, -0.2) is 8.42 Å². The lowest BCUT2D eigenvalue weighted by molar-refractivity contribution is 0.613. The molecule has 0 saturated heterocycles. The van der Waals surface area contributed by atoms with E-state index in [2.05, 4.69) is 6.07 Å². The fourth-order valence-electron chi connectivity index (χ4n) is 1.36. The molecule has 65 valence electrons. The van der Waals surface area contributed by atoms with E-state index < -0.39 is 10.7 Å². The Morgan fingerprint density at radius 2 is 1.83 bits per heavy atom. The molecule has 0 heterocycles. The van der Waals surface area contributed by atoms with Crippen LogP contribution in [0.2, 0.25) is 0 Å². The van der Waals surface area contributed by atoms with Crippen molar-refractivity contribution in [1.82, 2.24) is 0 Å². The number of hydrogen-bond acceptors (Lipinski definition) is 2. The molecule has 1 aromatic carbocycles. The molecular weight excluding hydrogens is 172 g/mol. The van der Waals surface area contributed by atoms with Crippen LogP contribution in [0.5, 0.6) is 0 Å². The van der Waals surface area contributed by atoms with Crippen LogP contribution in [-0.4, -0.2) is 8.42 Å². The summed E-state index contributed by atoms with van der Waals surface area (Å²) in [6, 6.07) is 4.80. The Bertz CT molecular complexity index is 347. The average Bonchev–Trinajstić information content (AvgIpc) is 1.82. The smallest absolute Gasteiger partial charge is 0.168 e. The van der Waals surface area contributed by atoms with Crippen molar-refractivity contribution in [1.29, 1.82) is 0 Å². The number of rotatable bonds is 1. The lowest BCUT2D eigenvalue weighted by Crippen LogP contribution is -1.92. The van der Waals surface area contributed by atoms with Crippen molar-refractivity contribution < 1.29 is 8.42 Å². The highest BCUT2D eigenvalue weighted by Gasteiger charge is 2.05. The lowest BCUT2D eigenvalue weighted by atomic mass is 10.1. The first kappa shape index (κ1) is 9.26. The van der Waals surface area contributed by atoms with Gasteiger partial charge in [-0.2, -0.15) is 0 Å². The predicted molar refractivity (Wildman–Crippen MR) is 48.1 cm³/mol. The molecule has 0 aliphatic heterocycles. The van der Waals surface area contributed by atoms with E-state index in [1.165, 1.54) is 0 Å². The second-order valence-corrected chi connectivity index (χ2v) is 3.83. The Balaban J connectivity index is 3.48. The van der Waals surface area contributed by atoms with Gasteiger partial charge in [-0.1, -0.05) is 6.07 Å². The summed E-state index contributed by atoms with van der Waals surface area (Å²) in [6.45, 7) is 5.47. The van der Waals surface area contributed by atoms with Gasteiger partial charge in [-0.05, 0) is 43.5 Å². The average molecular weight is 183 g/mol. The van der Waals surface area contributed by atoms with Crippen molar-refractivity contribution in [3.05, 3.63) is 28.8 Å². The second kappa shape index (κ2) is 3.27. The zero-order valence-electron chi connectivity index (χ0n) is 7.34. The minimum Gasteiger partial charge on any atom is -0.227 e. The van der Waals surface area contributed by atoms with Gasteiger partial charge in [0.15, 0.2) is 10.7 Å². The quantitative estimate of drug-likeness (QED) is 0.667. The maximum atomic E-state index is 10.8. The molecule has 0 fully saturated rings.